The first-order valence-electron chi connectivity index (χ1n) is 13.0. The van der Waals surface area contributed by atoms with E-state index in [-0.39, 0.29) is 23.7 Å². The van der Waals surface area contributed by atoms with Crippen LogP contribution in [0.15, 0.2) is 77.1 Å². The third kappa shape index (κ3) is 4.88. The SMILES string of the molecule is COC1CC=CC=C1CNc1nc2c(c(=O)n1-c1ccccc1)CN(c1nc3ccc(C(F)(F)F)cc3[nH]1)CC2. The Hall–Kier alpha value is -4.38. The first kappa shape index (κ1) is 25.9. The lowest BCUT2D eigenvalue weighted by molar-refractivity contribution is -0.137. The highest BCUT2D eigenvalue weighted by Crippen LogP contribution is 2.32. The zero-order valence-electron chi connectivity index (χ0n) is 21.7. The zero-order chi connectivity index (χ0) is 27.9. The van der Waals surface area contributed by atoms with Crippen LogP contribution in [0.3, 0.4) is 0 Å². The Morgan fingerprint density at radius 1 is 1.15 bits per heavy atom. The number of fused-ring (bicyclic) bond motifs is 2. The summed E-state index contributed by atoms with van der Waals surface area (Å²) in [5, 5.41) is 3.36. The number of nitrogens with one attached hydrogen (secondary N) is 2. The molecule has 1 unspecified atom stereocenters. The van der Waals surface area contributed by atoms with E-state index in [1.807, 2.05) is 47.4 Å². The van der Waals surface area contributed by atoms with Gasteiger partial charge in [0.2, 0.25) is 11.9 Å². The second-order valence-corrected chi connectivity index (χ2v) is 9.78. The van der Waals surface area contributed by atoms with Gasteiger partial charge < -0.3 is 19.9 Å². The molecule has 2 aromatic heterocycles. The Morgan fingerprint density at radius 2 is 1.98 bits per heavy atom. The van der Waals surface area contributed by atoms with Crippen LogP contribution >= 0.6 is 0 Å². The van der Waals surface area contributed by atoms with Gasteiger partial charge in [-0.05, 0) is 42.3 Å². The molecule has 1 aliphatic carbocycles. The maximum absolute atomic E-state index is 14.0. The van der Waals surface area contributed by atoms with Crippen molar-refractivity contribution in [2.24, 2.45) is 0 Å². The van der Waals surface area contributed by atoms with Gasteiger partial charge in [-0.3, -0.25) is 4.79 Å². The Balaban J connectivity index is 1.34. The number of methoxy groups -OCH3 is 1. The summed E-state index contributed by atoms with van der Waals surface area (Å²) in [5.74, 6) is 0.854. The van der Waals surface area contributed by atoms with E-state index in [1.54, 1.807) is 11.7 Å². The summed E-state index contributed by atoms with van der Waals surface area (Å²) in [7, 11) is 1.68. The molecule has 0 saturated heterocycles. The average Bonchev–Trinajstić information content (AvgIpc) is 3.40. The maximum Gasteiger partial charge on any atom is 0.416 e. The number of rotatable bonds is 6. The number of hydrogen-bond acceptors (Lipinski definition) is 6. The predicted molar refractivity (Wildman–Crippen MR) is 147 cm³/mol. The van der Waals surface area contributed by atoms with Gasteiger partial charge in [-0.25, -0.2) is 14.5 Å². The van der Waals surface area contributed by atoms with Crippen molar-refractivity contribution in [3.8, 4) is 5.69 Å². The molecule has 8 nitrogen and oxygen atoms in total. The fraction of sp³-hybridized carbons (Fsp3) is 0.276. The molecule has 4 aromatic rings. The van der Waals surface area contributed by atoms with Crippen LogP contribution in [0.2, 0.25) is 0 Å². The average molecular weight is 549 g/mol. The van der Waals surface area contributed by atoms with Gasteiger partial charge in [0, 0.05) is 26.6 Å². The second-order valence-electron chi connectivity index (χ2n) is 9.78. The number of aromatic amines is 1. The lowest BCUT2D eigenvalue weighted by Crippen LogP contribution is -2.39. The summed E-state index contributed by atoms with van der Waals surface area (Å²) in [4.78, 5) is 28.2. The monoisotopic (exact) mass is 548 g/mol. The molecule has 1 aliphatic heterocycles. The highest BCUT2D eigenvalue weighted by atomic mass is 19.4. The van der Waals surface area contributed by atoms with Crippen LogP contribution < -0.4 is 15.8 Å². The fourth-order valence-corrected chi connectivity index (χ4v) is 5.17. The van der Waals surface area contributed by atoms with Gasteiger partial charge in [0.15, 0.2) is 0 Å². The number of nitrogens with zero attached hydrogens (tertiary/aromatic N) is 4. The minimum Gasteiger partial charge on any atom is -0.377 e. The molecule has 2 N–H and O–H groups in total. The summed E-state index contributed by atoms with van der Waals surface area (Å²) in [6.45, 7) is 1.19. The van der Waals surface area contributed by atoms with Crippen LogP contribution in [-0.2, 0) is 23.9 Å². The van der Waals surface area contributed by atoms with E-state index in [0.717, 1.165) is 24.1 Å². The van der Waals surface area contributed by atoms with Crippen LogP contribution in [0.5, 0.6) is 0 Å². The molecule has 0 saturated carbocycles. The van der Waals surface area contributed by atoms with Crippen molar-refractivity contribution in [3.63, 3.8) is 0 Å². The summed E-state index contributed by atoms with van der Waals surface area (Å²) in [6.07, 6.45) is 2.82. The zero-order valence-corrected chi connectivity index (χ0v) is 21.7. The van der Waals surface area contributed by atoms with Crippen molar-refractivity contribution in [1.82, 2.24) is 19.5 Å². The number of ether oxygens (including phenoxy) is 1. The molecule has 0 spiro atoms. The molecule has 2 aromatic carbocycles. The summed E-state index contributed by atoms with van der Waals surface area (Å²) < 4.78 is 46.7. The van der Waals surface area contributed by atoms with Crippen molar-refractivity contribution in [2.45, 2.75) is 31.7 Å². The van der Waals surface area contributed by atoms with Crippen LogP contribution in [-0.4, -0.2) is 45.8 Å². The number of alkyl halides is 3. The quantitative estimate of drug-likeness (QED) is 0.353. The standard InChI is InChI=1S/C29H27F3N6O2/c1-40-25-10-6-5-7-18(25)16-33-27-34-22-13-14-37(17-21(22)26(39)38(27)20-8-3-2-4-9-20)28-35-23-12-11-19(29(30,31)32)15-24(23)36-28/h2-9,11-12,15,25H,10,13-14,16-17H2,1H3,(H,33,34)(H,35,36). The topological polar surface area (TPSA) is 88.1 Å². The molecule has 11 heteroatoms. The van der Waals surface area contributed by atoms with Gasteiger partial charge in [0.05, 0.1) is 46.2 Å². The number of aromatic nitrogens is 4. The van der Waals surface area contributed by atoms with E-state index < -0.39 is 11.7 Å². The molecule has 0 amide bonds. The number of halogens is 3. The largest absolute Gasteiger partial charge is 0.416 e. The number of benzene rings is 2. The third-order valence-corrected chi connectivity index (χ3v) is 7.29. The van der Waals surface area contributed by atoms with Crippen molar-refractivity contribution in [1.29, 1.82) is 0 Å². The van der Waals surface area contributed by atoms with E-state index in [2.05, 4.69) is 21.4 Å². The van der Waals surface area contributed by atoms with Gasteiger partial charge in [0.1, 0.15) is 0 Å². The molecular weight excluding hydrogens is 521 g/mol. The minimum absolute atomic E-state index is 0.0448. The van der Waals surface area contributed by atoms with E-state index >= 15 is 0 Å². The first-order chi connectivity index (χ1) is 19.3. The van der Waals surface area contributed by atoms with Crippen LogP contribution in [0.4, 0.5) is 25.1 Å². The summed E-state index contributed by atoms with van der Waals surface area (Å²) >= 11 is 0. The number of imidazole rings is 1. The van der Waals surface area contributed by atoms with Crippen LogP contribution in [0.1, 0.15) is 23.2 Å². The van der Waals surface area contributed by atoms with Crippen LogP contribution in [0.25, 0.3) is 16.7 Å². The lowest BCUT2D eigenvalue weighted by Gasteiger charge is -2.29. The van der Waals surface area contributed by atoms with E-state index in [1.165, 1.54) is 6.07 Å². The van der Waals surface area contributed by atoms with Gasteiger partial charge >= 0.3 is 6.18 Å². The summed E-state index contributed by atoms with van der Waals surface area (Å²) in [6, 6.07) is 12.7. The van der Waals surface area contributed by atoms with Gasteiger partial charge in [-0.2, -0.15) is 13.2 Å². The van der Waals surface area contributed by atoms with E-state index in [0.29, 0.717) is 53.9 Å². The third-order valence-electron chi connectivity index (χ3n) is 7.29. The molecule has 1 atom stereocenters. The highest BCUT2D eigenvalue weighted by Gasteiger charge is 2.31. The molecule has 0 bridgehead atoms. The van der Waals surface area contributed by atoms with Gasteiger partial charge in [0.25, 0.3) is 5.56 Å². The Labute approximate surface area is 227 Å². The summed E-state index contributed by atoms with van der Waals surface area (Å²) in [5.41, 5.74) is 2.70. The molecule has 0 radical (unpaired) electrons. The van der Waals surface area contributed by atoms with Crippen molar-refractivity contribution in [2.75, 3.05) is 30.4 Å². The Morgan fingerprint density at radius 3 is 2.75 bits per heavy atom. The second kappa shape index (κ2) is 10.3. The molecule has 206 valence electrons. The molecule has 6 rings (SSSR count). The highest BCUT2D eigenvalue weighted by molar-refractivity contribution is 5.78. The smallest absolute Gasteiger partial charge is 0.377 e. The van der Waals surface area contributed by atoms with E-state index in [9.17, 15) is 18.0 Å². The minimum atomic E-state index is -4.45. The van der Waals surface area contributed by atoms with Gasteiger partial charge in [-0.1, -0.05) is 36.4 Å². The number of para-hydroxylation sites is 1. The van der Waals surface area contributed by atoms with Crippen LogP contribution in [0, 0.1) is 0 Å². The maximum atomic E-state index is 14.0. The normalized spacial score (nSPS) is 17.1. The number of allylic oxidation sites excluding steroid dienone is 2. The van der Waals surface area contributed by atoms with Crippen molar-refractivity contribution in [3.05, 3.63) is 99.5 Å². The molecule has 0 fully saturated rings. The van der Waals surface area contributed by atoms with Gasteiger partial charge in [-0.15, -0.1) is 0 Å². The molecular formula is C29H27F3N6O2. The van der Waals surface area contributed by atoms with Crippen molar-refractivity contribution >= 4 is 22.9 Å². The Kier molecular flexibility index (Phi) is 6.67. The lowest BCUT2D eigenvalue weighted by atomic mass is 10.0. The fourth-order valence-electron chi connectivity index (χ4n) is 5.17. The molecule has 40 heavy (non-hydrogen) atoms. The number of anilines is 2. The Bertz CT molecular complexity index is 1670. The first-order valence-corrected chi connectivity index (χ1v) is 13.0. The molecule has 2 aliphatic rings. The van der Waals surface area contributed by atoms with E-state index in [4.69, 9.17) is 9.72 Å². The number of H-pyrrole nitrogens is 1. The number of hydrogen-bond donors (Lipinski definition) is 2. The van der Waals surface area contributed by atoms with Crippen molar-refractivity contribution < 1.29 is 17.9 Å². The predicted octanol–water partition coefficient (Wildman–Crippen LogP) is 5.00. The molecule has 3 heterocycles.